The number of hydrogen-bond acceptors (Lipinski definition) is 8. The number of carbonyl (C=O) groups is 1. The van der Waals surface area contributed by atoms with Gasteiger partial charge in [-0.25, -0.2) is 13.4 Å². The molecule has 3 aromatic rings. The maximum absolute atomic E-state index is 12.7. The molecule has 5 rings (SSSR count). The van der Waals surface area contributed by atoms with Gasteiger partial charge in [-0.1, -0.05) is 18.7 Å². The summed E-state index contributed by atoms with van der Waals surface area (Å²) in [7, 11) is -3.15. The number of likely N-dealkylation sites (tertiary alicyclic amines) is 1. The first kappa shape index (κ1) is 27.0. The fraction of sp³-hybridized carbons (Fsp3) is 0.407. The van der Waals surface area contributed by atoms with E-state index < -0.39 is 10.0 Å². The molecule has 1 amide bonds. The number of fused-ring (bicyclic) bond motifs is 1. The minimum absolute atomic E-state index is 0.0596. The standard InChI is InChI=1S/C27H33N7O4S/c1-3-24(35)32-18-21(19-32)9-10-34-25(36)8-7-22-16-28-27(30-26(22)34)29-23-6-4-5-20(15-23)17-31-11-13-33(14-12-31)39(2,37)38/h3-8,15-16,21H,1,9-14,17-19H2,2H3,(H,28,29,30). The van der Waals surface area contributed by atoms with Crippen molar-refractivity contribution in [3.63, 3.8) is 0 Å². The van der Waals surface area contributed by atoms with E-state index in [1.165, 1.54) is 22.7 Å². The van der Waals surface area contributed by atoms with Crippen LogP contribution in [0.15, 0.2) is 60.0 Å². The lowest BCUT2D eigenvalue weighted by Gasteiger charge is -2.38. The number of piperazine rings is 1. The van der Waals surface area contributed by atoms with Crippen molar-refractivity contribution in [2.75, 3.05) is 50.8 Å². The van der Waals surface area contributed by atoms with E-state index in [0.29, 0.717) is 69.9 Å². The molecule has 2 aliphatic heterocycles. The summed E-state index contributed by atoms with van der Waals surface area (Å²) < 4.78 is 26.7. The number of rotatable bonds is 9. The zero-order valence-electron chi connectivity index (χ0n) is 22.0. The Morgan fingerprint density at radius 2 is 1.92 bits per heavy atom. The van der Waals surface area contributed by atoms with Crippen LogP contribution in [0.1, 0.15) is 12.0 Å². The van der Waals surface area contributed by atoms with E-state index in [0.717, 1.165) is 23.1 Å². The maximum atomic E-state index is 12.7. The first-order chi connectivity index (χ1) is 18.7. The molecule has 206 valence electrons. The predicted octanol–water partition coefficient (Wildman–Crippen LogP) is 1.65. The highest BCUT2D eigenvalue weighted by atomic mass is 32.2. The summed E-state index contributed by atoms with van der Waals surface area (Å²) in [4.78, 5) is 37.5. The molecule has 0 spiro atoms. The van der Waals surface area contributed by atoms with Gasteiger partial charge in [0, 0.05) is 75.7 Å². The lowest BCUT2D eigenvalue weighted by Crippen LogP contribution is -2.49. The number of benzene rings is 1. The van der Waals surface area contributed by atoms with Crippen molar-refractivity contribution in [3.05, 3.63) is 71.2 Å². The molecule has 11 nitrogen and oxygen atoms in total. The topological polar surface area (TPSA) is 121 Å². The predicted molar refractivity (Wildman–Crippen MR) is 150 cm³/mol. The van der Waals surface area contributed by atoms with Gasteiger partial charge in [0.2, 0.25) is 21.9 Å². The monoisotopic (exact) mass is 551 g/mol. The fourth-order valence-corrected chi connectivity index (χ4v) is 5.90. The SMILES string of the molecule is C=CC(=O)N1CC(CCn2c(=O)ccc3cnc(Nc4cccc(CN5CCN(S(C)(=O)=O)CC5)c4)nc32)C1. The van der Waals surface area contributed by atoms with Gasteiger partial charge < -0.3 is 10.2 Å². The Labute approximate surface area is 227 Å². The zero-order valence-corrected chi connectivity index (χ0v) is 22.8. The number of aryl methyl sites for hydroxylation is 1. The van der Waals surface area contributed by atoms with Gasteiger partial charge in [-0.05, 0) is 42.2 Å². The maximum Gasteiger partial charge on any atom is 0.252 e. The van der Waals surface area contributed by atoms with Crippen LogP contribution >= 0.6 is 0 Å². The highest BCUT2D eigenvalue weighted by Gasteiger charge is 2.29. The van der Waals surface area contributed by atoms with Gasteiger partial charge in [-0.3, -0.25) is 19.1 Å². The average molecular weight is 552 g/mol. The second-order valence-corrected chi connectivity index (χ2v) is 12.1. The van der Waals surface area contributed by atoms with E-state index in [1.54, 1.807) is 21.7 Å². The van der Waals surface area contributed by atoms with E-state index in [-0.39, 0.29) is 11.5 Å². The number of amides is 1. The summed E-state index contributed by atoms with van der Waals surface area (Å²) in [6.07, 6.45) is 5.06. The number of nitrogens with zero attached hydrogens (tertiary/aromatic N) is 6. The van der Waals surface area contributed by atoms with Crippen LogP contribution in [0.25, 0.3) is 11.0 Å². The number of nitrogens with one attached hydrogen (secondary N) is 1. The third-order valence-electron chi connectivity index (χ3n) is 7.32. The molecule has 4 heterocycles. The molecular weight excluding hydrogens is 518 g/mol. The van der Waals surface area contributed by atoms with E-state index >= 15 is 0 Å². The van der Waals surface area contributed by atoms with Crippen LogP contribution < -0.4 is 10.9 Å². The van der Waals surface area contributed by atoms with Crippen LogP contribution in [0.3, 0.4) is 0 Å². The van der Waals surface area contributed by atoms with Crippen LogP contribution in [0.4, 0.5) is 11.6 Å². The van der Waals surface area contributed by atoms with Crippen molar-refractivity contribution in [1.82, 2.24) is 28.6 Å². The summed E-state index contributed by atoms with van der Waals surface area (Å²) in [5, 5.41) is 4.04. The third-order valence-corrected chi connectivity index (χ3v) is 8.62. The van der Waals surface area contributed by atoms with Crippen molar-refractivity contribution in [2.45, 2.75) is 19.5 Å². The normalized spacial score (nSPS) is 17.2. The molecule has 2 aromatic heterocycles. The molecule has 1 N–H and O–H groups in total. The van der Waals surface area contributed by atoms with Crippen LogP contribution in [0, 0.1) is 5.92 Å². The molecule has 0 bridgehead atoms. The lowest BCUT2D eigenvalue weighted by molar-refractivity contribution is -0.132. The Balaban J connectivity index is 1.25. The second-order valence-electron chi connectivity index (χ2n) is 10.2. The molecule has 0 aliphatic carbocycles. The van der Waals surface area contributed by atoms with Crippen LogP contribution in [0.5, 0.6) is 0 Å². The number of carbonyl (C=O) groups excluding carboxylic acids is 1. The molecule has 0 unspecified atom stereocenters. The number of anilines is 2. The average Bonchev–Trinajstić information content (AvgIpc) is 2.88. The summed E-state index contributed by atoms with van der Waals surface area (Å²) in [6.45, 7) is 8.45. The van der Waals surface area contributed by atoms with Gasteiger partial charge in [0.05, 0.1) is 6.26 Å². The smallest absolute Gasteiger partial charge is 0.252 e. The highest BCUT2D eigenvalue weighted by Crippen LogP contribution is 2.22. The molecule has 39 heavy (non-hydrogen) atoms. The Hall–Kier alpha value is -3.61. The Kier molecular flexibility index (Phi) is 7.78. The van der Waals surface area contributed by atoms with Gasteiger partial charge in [-0.2, -0.15) is 9.29 Å². The quantitative estimate of drug-likeness (QED) is 0.399. The Morgan fingerprint density at radius 3 is 2.64 bits per heavy atom. The Bertz CT molecular complexity index is 1540. The fourth-order valence-electron chi connectivity index (χ4n) is 5.07. The lowest BCUT2D eigenvalue weighted by atomic mass is 9.96. The molecule has 2 fully saturated rings. The third kappa shape index (κ3) is 6.35. The first-order valence-electron chi connectivity index (χ1n) is 13.0. The summed E-state index contributed by atoms with van der Waals surface area (Å²) in [6, 6.07) is 11.2. The van der Waals surface area contributed by atoms with Crippen molar-refractivity contribution >= 4 is 38.6 Å². The summed E-state index contributed by atoms with van der Waals surface area (Å²) in [5.41, 5.74) is 2.37. The number of hydrogen-bond donors (Lipinski definition) is 1. The largest absolute Gasteiger partial charge is 0.338 e. The van der Waals surface area contributed by atoms with Gasteiger partial charge >= 0.3 is 0 Å². The van der Waals surface area contributed by atoms with Crippen LogP contribution in [-0.4, -0.2) is 88.5 Å². The van der Waals surface area contributed by atoms with Gasteiger partial charge in [-0.15, -0.1) is 0 Å². The summed E-state index contributed by atoms with van der Waals surface area (Å²) >= 11 is 0. The molecule has 0 saturated carbocycles. The van der Waals surface area contributed by atoms with Crippen LogP contribution in [-0.2, 0) is 27.9 Å². The number of sulfonamides is 1. The van der Waals surface area contributed by atoms with Gasteiger partial charge in [0.1, 0.15) is 5.65 Å². The zero-order chi connectivity index (χ0) is 27.6. The van der Waals surface area contributed by atoms with E-state index in [1.807, 2.05) is 24.3 Å². The van der Waals surface area contributed by atoms with E-state index in [9.17, 15) is 18.0 Å². The minimum atomic E-state index is -3.15. The van der Waals surface area contributed by atoms with Crippen LogP contribution in [0.2, 0.25) is 0 Å². The molecule has 12 heteroatoms. The van der Waals surface area contributed by atoms with E-state index in [4.69, 9.17) is 0 Å². The molecule has 2 saturated heterocycles. The Morgan fingerprint density at radius 1 is 1.15 bits per heavy atom. The highest BCUT2D eigenvalue weighted by molar-refractivity contribution is 7.88. The van der Waals surface area contributed by atoms with E-state index in [2.05, 4.69) is 26.8 Å². The number of aromatic nitrogens is 3. The van der Waals surface area contributed by atoms with Crippen molar-refractivity contribution < 1.29 is 13.2 Å². The second kappa shape index (κ2) is 11.2. The number of pyridine rings is 1. The molecule has 0 atom stereocenters. The molecule has 2 aliphatic rings. The van der Waals surface area contributed by atoms with Gasteiger partial charge in [0.25, 0.3) is 5.56 Å². The summed E-state index contributed by atoms with van der Waals surface area (Å²) in [5.74, 6) is 0.676. The minimum Gasteiger partial charge on any atom is -0.338 e. The first-order valence-corrected chi connectivity index (χ1v) is 14.9. The molecular formula is C27H33N7O4S. The van der Waals surface area contributed by atoms with Crippen molar-refractivity contribution in [3.8, 4) is 0 Å². The molecule has 1 aromatic carbocycles. The molecule has 0 radical (unpaired) electrons. The van der Waals surface area contributed by atoms with Crippen molar-refractivity contribution in [2.24, 2.45) is 5.92 Å². The van der Waals surface area contributed by atoms with Crippen molar-refractivity contribution in [1.29, 1.82) is 0 Å². The van der Waals surface area contributed by atoms with Gasteiger partial charge in [0.15, 0.2) is 0 Å².